The van der Waals surface area contributed by atoms with Gasteiger partial charge < -0.3 is 9.84 Å². The molecule has 1 heterocycles. The number of aryl methyl sites for hydroxylation is 1. The van der Waals surface area contributed by atoms with E-state index < -0.39 is 6.09 Å². The Morgan fingerprint density at radius 1 is 1.26 bits per heavy atom. The van der Waals surface area contributed by atoms with E-state index >= 15 is 0 Å². The number of pyridine rings is 1. The molecule has 7 heteroatoms. The van der Waals surface area contributed by atoms with Crippen LogP contribution in [0, 0.1) is 6.92 Å². The van der Waals surface area contributed by atoms with Crippen LogP contribution in [0.1, 0.15) is 39.1 Å². The second-order valence-corrected chi connectivity index (χ2v) is 8.04. The molecule has 0 bridgehead atoms. The molecule has 27 heavy (non-hydrogen) atoms. The van der Waals surface area contributed by atoms with Gasteiger partial charge in [0.05, 0.1) is 34.8 Å². The fourth-order valence-corrected chi connectivity index (χ4v) is 3.30. The summed E-state index contributed by atoms with van der Waals surface area (Å²) in [5.41, 5.74) is 2.91. The van der Waals surface area contributed by atoms with Gasteiger partial charge in [-0.2, -0.15) is 0 Å². The average molecular weight is 456 g/mol. The zero-order valence-electron chi connectivity index (χ0n) is 16.1. The fourth-order valence-electron chi connectivity index (χ4n) is 2.80. The molecular formula is C20H24BrClN2O3. The predicted molar refractivity (Wildman–Crippen MR) is 112 cm³/mol. The number of rotatable bonds is 5. The minimum Gasteiger partial charge on any atom is -0.446 e. The van der Waals surface area contributed by atoms with Gasteiger partial charge in [-0.1, -0.05) is 39.7 Å². The number of anilines is 1. The molecule has 0 atom stereocenters. The third kappa shape index (κ3) is 4.81. The largest absolute Gasteiger partial charge is 0.446 e. The summed E-state index contributed by atoms with van der Waals surface area (Å²) in [6.45, 7) is 8.84. The van der Waals surface area contributed by atoms with Crippen LogP contribution >= 0.6 is 27.5 Å². The zero-order chi connectivity index (χ0) is 20.3. The van der Waals surface area contributed by atoms with Crippen LogP contribution in [0.25, 0.3) is 11.1 Å². The van der Waals surface area contributed by atoms with E-state index in [9.17, 15) is 9.90 Å². The van der Waals surface area contributed by atoms with E-state index in [0.717, 1.165) is 10.0 Å². The van der Waals surface area contributed by atoms with Gasteiger partial charge in [-0.15, -0.1) is 0 Å². The topological polar surface area (TPSA) is 62.7 Å². The normalized spacial score (nSPS) is 11.2. The summed E-state index contributed by atoms with van der Waals surface area (Å²) in [7, 11) is 0. The van der Waals surface area contributed by atoms with Crippen molar-refractivity contribution in [3.63, 3.8) is 0 Å². The third-order valence-corrected chi connectivity index (χ3v) is 4.91. The van der Waals surface area contributed by atoms with Crippen LogP contribution in [0.3, 0.4) is 0 Å². The lowest BCUT2D eigenvalue weighted by molar-refractivity contribution is 0.121. The van der Waals surface area contributed by atoms with Crippen LogP contribution in [0.5, 0.6) is 0 Å². The molecule has 0 aliphatic heterocycles. The van der Waals surface area contributed by atoms with Crippen molar-refractivity contribution in [1.29, 1.82) is 0 Å². The van der Waals surface area contributed by atoms with E-state index in [1.54, 1.807) is 20.8 Å². The highest BCUT2D eigenvalue weighted by molar-refractivity contribution is 9.10. The average Bonchev–Trinajstić information content (AvgIpc) is 2.58. The van der Waals surface area contributed by atoms with Crippen molar-refractivity contribution < 1.29 is 14.6 Å². The Kier molecular flexibility index (Phi) is 7.25. The molecule has 0 saturated heterocycles. The first kappa shape index (κ1) is 21.7. The maximum absolute atomic E-state index is 12.9. The van der Waals surface area contributed by atoms with Crippen molar-refractivity contribution in [2.45, 2.75) is 53.4 Å². The number of aliphatic hydroxyl groups is 1. The molecule has 0 spiro atoms. The highest BCUT2D eigenvalue weighted by Crippen LogP contribution is 2.42. The zero-order valence-corrected chi connectivity index (χ0v) is 18.4. The number of carbonyl (C=O) groups is 1. The number of amides is 1. The Hall–Kier alpha value is -1.63. The lowest BCUT2D eigenvalue weighted by atomic mass is 9.99. The van der Waals surface area contributed by atoms with Gasteiger partial charge in [-0.05, 0) is 52.3 Å². The minimum atomic E-state index is -0.491. The number of aromatic nitrogens is 1. The number of hydrogen-bond acceptors (Lipinski definition) is 4. The summed E-state index contributed by atoms with van der Waals surface area (Å²) < 4.78 is 6.37. The number of aliphatic hydroxyl groups excluding tert-OH is 1. The Morgan fingerprint density at radius 2 is 1.85 bits per heavy atom. The molecule has 0 unspecified atom stereocenters. The van der Waals surface area contributed by atoms with Gasteiger partial charge in [-0.3, -0.25) is 9.88 Å². The second-order valence-electron chi connectivity index (χ2n) is 6.74. The first-order valence-corrected chi connectivity index (χ1v) is 9.90. The first-order valence-electron chi connectivity index (χ1n) is 8.73. The fraction of sp³-hybridized carbons (Fsp3) is 0.400. The van der Waals surface area contributed by atoms with Crippen molar-refractivity contribution >= 4 is 39.3 Å². The number of nitrogens with zero attached hydrogens (tertiary/aromatic N) is 2. The van der Waals surface area contributed by atoms with Gasteiger partial charge >= 0.3 is 6.09 Å². The number of halogens is 2. The highest BCUT2D eigenvalue weighted by atomic mass is 79.9. The first-order chi connectivity index (χ1) is 12.7. The van der Waals surface area contributed by atoms with E-state index in [1.807, 2.05) is 38.1 Å². The van der Waals surface area contributed by atoms with Crippen molar-refractivity contribution in [2.24, 2.45) is 0 Å². The molecule has 0 fully saturated rings. The smallest absolute Gasteiger partial charge is 0.414 e. The summed E-state index contributed by atoms with van der Waals surface area (Å²) in [5, 5.41) is 10.3. The van der Waals surface area contributed by atoms with E-state index in [-0.39, 0.29) is 18.8 Å². The number of benzene rings is 1. The predicted octanol–water partition coefficient (Wildman–Crippen LogP) is 5.73. The SMILES string of the molecule is Cc1nc(CO)c(-c2ccc(Br)cc2)c(N(C(=O)OC(C)C)C(C)C)c1Cl. The lowest BCUT2D eigenvalue weighted by Crippen LogP contribution is -2.39. The van der Waals surface area contributed by atoms with Crippen LogP contribution in [0.4, 0.5) is 10.5 Å². The minimum absolute atomic E-state index is 0.212. The summed E-state index contributed by atoms with van der Waals surface area (Å²) in [4.78, 5) is 18.8. The summed E-state index contributed by atoms with van der Waals surface area (Å²) in [6.07, 6.45) is -0.761. The van der Waals surface area contributed by atoms with Crippen molar-refractivity contribution in [3.8, 4) is 11.1 Å². The van der Waals surface area contributed by atoms with Gasteiger partial charge in [0.15, 0.2) is 0 Å². The Bertz CT molecular complexity index is 823. The summed E-state index contributed by atoms with van der Waals surface area (Å²) in [5.74, 6) is 0. The van der Waals surface area contributed by atoms with Gasteiger partial charge in [0.25, 0.3) is 0 Å². The molecule has 5 nitrogen and oxygen atoms in total. The van der Waals surface area contributed by atoms with E-state index in [0.29, 0.717) is 27.7 Å². The Balaban J connectivity index is 2.80. The Morgan fingerprint density at radius 3 is 2.33 bits per heavy atom. The summed E-state index contributed by atoms with van der Waals surface area (Å²) in [6, 6.07) is 7.35. The quantitative estimate of drug-likeness (QED) is 0.626. The van der Waals surface area contributed by atoms with E-state index in [4.69, 9.17) is 16.3 Å². The number of ether oxygens (including phenoxy) is 1. The molecule has 0 aliphatic carbocycles. The van der Waals surface area contributed by atoms with Crippen LogP contribution < -0.4 is 4.90 Å². The maximum atomic E-state index is 12.9. The third-order valence-electron chi connectivity index (χ3n) is 3.93. The molecule has 0 saturated carbocycles. The summed E-state index contributed by atoms with van der Waals surface area (Å²) >= 11 is 10.1. The van der Waals surface area contributed by atoms with Crippen molar-refractivity contribution in [2.75, 3.05) is 4.90 Å². The van der Waals surface area contributed by atoms with Gasteiger partial charge in [-0.25, -0.2) is 4.79 Å². The second kappa shape index (κ2) is 9.04. The molecule has 1 aromatic carbocycles. The van der Waals surface area contributed by atoms with Crippen LogP contribution in [-0.2, 0) is 11.3 Å². The highest BCUT2D eigenvalue weighted by Gasteiger charge is 2.30. The van der Waals surface area contributed by atoms with Crippen molar-refractivity contribution in [1.82, 2.24) is 4.98 Å². The molecule has 0 aliphatic rings. The Labute approximate surface area is 173 Å². The van der Waals surface area contributed by atoms with Crippen LogP contribution in [0.15, 0.2) is 28.7 Å². The standard InChI is InChI=1S/C20H24BrClN2O3/c1-11(2)24(20(26)27-12(3)4)19-17(14-6-8-15(21)9-7-14)16(10-25)23-13(5)18(19)22/h6-9,11-12,25H,10H2,1-5H3. The molecule has 2 aromatic rings. The lowest BCUT2D eigenvalue weighted by Gasteiger charge is -2.31. The van der Waals surface area contributed by atoms with Gasteiger partial charge in [0, 0.05) is 16.1 Å². The van der Waals surface area contributed by atoms with Crippen LogP contribution in [-0.4, -0.2) is 28.3 Å². The monoisotopic (exact) mass is 454 g/mol. The van der Waals surface area contributed by atoms with E-state index in [1.165, 1.54) is 4.90 Å². The van der Waals surface area contributed by atoms with Crippen molar-refractivity contribution in [3.05, 3.63) is 45.1 Å². The van der Waals surface area contributed by atoms with Crippen LogP contribution in [0.2, 0.25) is 5.02 Å². The molecule has 1 aromatic heterocycles. The van der Waals surface area contributed by atoms with Gasteiger partial charge in [0.2, 0.25) is 0 Å². The number of hydrogen-bond donors (Lipinski definition) is 1. The molecule has 2 rings (SSSR count). The maximum Gasteiger partial charge on any atom is 0.414 e. The molecule has 1 amide bonds. The molecule has 0 radical (unpaired) electrons. The molecule has 1 N–H and O–H groups in total. The molecular weight excluding hydrogens is 432 g/mol. The number of carbonyl (C=O) groups excluding carboxylic acids is 1. The van der Waals surface area contributed by atoms with E-state index in [2.05, 4.69) is 20.9 Å². The van der Waals surface area contributed by atoms with Gasteiger partial charge in [0.1, 0.15) is 0 Å². The molecule has 146 valence electrons.